The van der Waals surface area contributed by atoms with Crippen molar-refractivity contribution in [3.05, 3.63) is 71.3 Å². The second kappa shape index (κ2) is 6.90. The van der Waals surface area contributed by atoms with Crippen LogP contribution in [-0.2, 0) is 4.79 Å². The van der Waals surface area contributed by atoms with Gasteiger partial charge in [0, 0.05) is 25.4 Å². The second-order valence-corrected chi connectivity index (χ2v) is 5.95. The molecule has 1 aliphatic heterocycles. The number of amides is 1. The van der Waals surface area contributed by atoms with E-state index < -0.39 is 0 Å². The Labute approximate surface area is 134 Å². The molecule has 0 saturated carbocycles. The topological polar surface area (TPSA) is 20.3 Å². The Hall–Kier alpha value is -2.23. The molecule has 120 valence electrons. The van der Waals surface area contributed by atoms with Gasteiger partial charge in [-0.3, -0.25) is 4.79 Å². The lowest BCUT2D eigenvalue weighted by molar-refractivity contribution is -0.130. The van der Waals surface area contributed by atoms with E-state index in [4.69, 9.17) is 0 Å². The average molecular weight is 315 g/mol. The maximum absolute atomic E-state index is 13.2. The summed E-state index contributed by atoms with van der Waals surface area (Å²) in [4.78, 5) is 14.4. The van der Waals surface area contributed by atoms with Gasteiger partial charge in [0.05, 0.1) is 0 Å². The van der Waals surface area contributed by atoms with Crippen molar-refractivity contribution in [2.45, 2.75) is 25.2 Å². The Bertz CT molecular complexity index is 615. The first kappa shape index (κ1) is 15.7. The minimum Gasteiger partial charge on any atom is -0.343 e. The molecule has 2 aromatic rings. The molecule has 0 bridgehead atoms. The summed E-state index contributed by atoms with van der Waals surface area (Å²) in [5.74, 6) is -0.708. The van der Waals surface area contributed by atoms with E-state index >= 15 is 0 Å². The number of carbonyl (C=O) groups excluding carboxylic acids is 1. The van der Waals surface area contributed by atoms with Gasteiger partial charge in [0.1, 0.15) is 11.6 Å². The summed E-state index contributed by atoms with van der Waals surface area (Å²) in [6, 6.07) is 12.4. The van der Waals surface area contributed by atoms with Crippen molar-refractivity contribution in [1.82, 2.24) is 4.90 Å². The maximum atomic E-state index is 13.2. The molecule has 23 heavy (non-hydrogen) atoms. The lowest BCUT2D eigenvalue weighted by Gasteiger charge is -2.22. The summed E-state index contributed by atoms with van der Waals surface area (Å²) in [5.41, 5.74) is 1.73. The standard InChI is InChI=1S/C19H19F2NO/c20-16-7-3-14(4-8-16)18(15-5-9-17(21)10-6-15)13-19(23)22-11-1-2-12-22/h3-10,18H,1-2,11-13H2. The Morgan fingerprint density at radius 1 is 0.870 bits per heavy atom. The average Bonchev–Trinajstić information content (AvgIpc) is 3.09. The van der Waals surface area contributed by atoms with Crippen molar-refractivity contribution in [2.24, 2.45) is 0 Å². The molecule has 2 aromatic carbocycles. The second-order valence-electron chi connectivity index (χ2n) is 5.95. The van der Waals surface area contributed by atoms with E-state index in [9.17, 15) is 13.6 Å². The molecule has 1 saturated heterocycles. The highest BCUT2D eigenvalue weighted by Gasteiger charge is 2.24. The molecule has 4 heteroatoms. The summed E-state index contributed by atoms with van der Waals surface area (Å²) in [7, 11) is 0. The molecule has 1 fully saturated rings. The molecule has 0 unspecified atom stereocenters. The van der Waals surface area contributed by atoms with Gasteiger partial charge in [0.2, 0.25) is 5.91 Å². The van der Waals surface area contributed by atoms with Crippen molar-refractivity contribution in [3.8, 4) is 0 Å². The van der Waals surface area contributed by atoms with Crippen LogP contribution < -0.4 is 0 Å². The summed E-state index contributed by atoms with van der Waals surface area (Å²) in [5, 5.41) is 0. The number of hydrogen-bond acceptors (Lipinski definition) is 1. The van der Waals surface area contributed by atoms with Crippen molar-refractivity contribution >= 4 is 5.91 Å². The van der Waals surface area contributed by atoms with Crippen LogP contribution in [0.5, 0.6) is 0 Å². The normalized spacial score (nSPS) is 14.5. The lowest BCUT2D eigenvalue weighted by Crippen LogP contribution is -2.29. The van der Waals surface area contributed by atoms with Crippen LogP contribution in [0, 0.1) is 11.6 Å². The highest BCUT2D eigenvalue weighted by Crippen LogP contribution is 2.29. The third-order valence-corrected chi connectivity index (χ3v) is 4.38. The quantitative estimate of drug-likeness (QED) is 0.831. The predicted octanol–water partition coefficient (Wildman–Crippen LogP) is 4.11. The molecule has 3 rings (SSSR count). The molecule has 0 N–H and O–H groups in total. The molecule has 0 aromatic heterocycles. The smallest absolute Gasteiger partial charge is 0.223 e. The minimum atomic E-state index is -0.308. The number of carbonyl (C=O) groups is 1. The van der Waals surface area contributed by atoms with Gasteiger partial charge < -0.3 is 4.90 Å². The number of rotatable bonds is 4. The van der Waals surface area contributed by atoms with Crippen LogP contribution in [0.25, 0.3) is 0 Å². The van der Waals surface area contributed by atoms with E-state index in [2.05, 4.69) is 0 Å². The monoisotopic (exact) mass is 315 g/mol. The Morgan fingerprint density at radius 2 is 1.30 bits per heavy atom. The SMILES string of the molecule is O=C(CC(c1ccc(F)cc1)c1ccc(F)cc1)N1CCCC1. The van der Waals surface area contributed by atoms with Gasteiger partial charge in [-0.1, -0.05) is 24.3 Å². The molecule has 0 aliphatic carbocycles. The molecule has 0 atom stereocenters. The molecule has 1 heterocycles. The zero-order valence-corrected chi connectivity index (χ0v) is 12.8. The van der Waals surface area contributed by atoms with E-state index in [0.717, 1.165) is 37.1 Å². The third-order valence-electron chi connectivity index (χ3n) is 4.38. The van der Waals surface area contributed by atoms with Gasteiger partial charge in [-0.2, -0.15) is 0 Å². The first-order valence-electron chi connectivity index (χ1n) is 7.92. The van der Waals surface area contributed by atoms with Gasteiger partial charge in [-0.15, -0.1) is 0 Å². The van der Waals surface area contributed by atoms with Crippen LogP contribution in [0.15, 0.2) is 48.5 Å². The molecule has 1 aliphatic rings. The van der Waals surface area contributed by atoms with E-state index in [1.54, 1.807) is 24.3 Å². The van der Waals surface area contributed by atoms with Crippen LogP contribution in [-0.4, -0.2) is 23.9 Å². The van der Waals surface area contributed by atoms with Crippen LogP contribution in [0.3, 0.4) is 0 Å². The summed E-state index contributed by atoms with van der Waals surface area (Å²) < 4.78 is 26.4. The van der Waals surface area contributed by atoms with Gasteiger partial charge in [0.25, 0.3) is 0 Å². The number of hydrogen-bond donors (Lipinski definition) is 0. The number of likely N-dealkylation sites (tertiary alicyclic amines) is 1. The highest BCUT2D eigenvalue weighted by atomic mass is 19.1. The van der Waals surface area contributed by atoms with Crippen molar-refractivity contribution in [1.29, 1.82) is 0 Å². The van der Waals surface area contributed by atoms with E-state index in [1.807, 2.05) is 4.90 Å². The van der Waals surface area contributed by atoms with E-state index in [1.165, 1.54) is 24.3 Å². The minimum absolute atomic E-state index is 0.0983. The van der Waals surface area contributed by atoms with Crippen molar-refractivity contribution < 1.29 is 13.6 Å². The number of halogens is 2. The first-order valence-corrected chi connectivity index (χ1v) is 7.92. The Balaban J connectivity index is 1.87. The summed E-state index contributed by atoms with van der Waals surface area (Å²) in [6.45, 7) is 1.61. The van der Waals surface area contributed by atoms with E-state index in [0.29, 0.717) is 6.42 Å². The zero-order chi connectivity index (χ0) is 16.2. The van der Waals surface area contributed by atoms with Crippen LogP contribution >= 0.6 is 0 Å². The molecular formula is C19H19F2NO. The fourth-order valence-corrected chi connectivity index (χ4v) is 3.09. The van der Waals surface area contributed by atoms with Gasteiger partial charge in [-0.05, 0) is 48.2 Å². The van der Waals surface area contributed by atoms with Gasteiger partial charge in [0.15, 0.2) is 0 Å². The van der Waals surface area contributed by atoms with E-state index in [-0.39, 0.29) is 23.5 Å². The van der Waals surface area contributed by atoms with Gasteiger partial charge >= 0.3 is 0 Å². The Morgan fingerprint density at radius 3 is 1.74 bits per heavy atom. The van der Waals surface area contributed by atoms with Crippen molar-refractivity contribution in [3.63, 3.8) is 0 Å². The molecular weight excluding hydrogens is 296 g/mol. The number of benzene rings is 2. The summed E-state index contributed by atoms with van der Waals surface area (Å²) >= 11 is 0. The molecule has 1 amide bonds. The molecule has 2 nitrogen and oxygen atoms in total. The Kier molecular flexibility index (Phi) is 4.70. The van der Waals surface area contributed by atoms with Crippen LogP contribution in [0.2, 0.25) is 0 Å². The van der Waals surface area contributed by atoms with Crippen LogP contribution in [0.1, 0.15) is 36.3 Å². The lowest BCUT2D eigenvalue weighted by atomic mass is 9.88. The fourth-order valence-electron chi connectivity index (χ4n) is 3.09. The van der Waals surface area contributed by atoms with Crippen LogP contribution in [0.4, 0.5) is 8.78 Å². The van der Waals surface area contributed by atoms with Gasteiger partial charge in [-0.25, -0.2) is 8.78 Å². The zero-order valence-electron chi connectivity index (χ0n) is 12.8. The third kappa shape index (κ3) is 3.76. The molecule has 0 radical (unpaired) electrons. The highest BCUT2D eigenvalue weighted by molar-refractivity contribution is 5.78. The number of nitrogens with zero attached hydrogens (tertiary/aromatic N) is 1. The molecule has 0 spiro atoms. The maximum Gasteiger partial charge on any atom is 0.223 e. The largest absolute Gasteiger partial charge is 0.343 e. The first-order chi connectivity index (χ1) is 11.1. The summed E-state index contributed by atoms with van der Waals surface area (Å²) in [6.07, 6.45) is 2.41. The fraction of sp³-hybridized carbons (Fsp3) is 0.316. The van der Waals surface area contributed by atoms with Crippen molar-refractivity contribution in [2.75, 3.05) is 13.1 Å². The predicted molar refractivity (Wildman–Crippen MR) is 85.1 cm³/mol.